The molecule has 0 amide bonds. The topological polar surface area (TPSA) is 99.0 Å². The van der Waals surface area contributed by atoms with Crippen molar-refractivity contribution in [2.75, 3.05) is 4.72 Å². The van der Waals surface area contributed by atoms with Crippen LogP contribution in [-0.2, 0) is 15.8 Å². The van der Waals surface area contributed by atoms with E-state index in [2.05, 4.69) is 19.8 Å². The van der Waals surface area contributed by atoms with Crippen LogP contribution in [0.5, 0.6) is 11.6 Å². The molecule has 1 N–H and O–H groups in total. The smallest absolute Gasteiger partial charge is 0.236 e. The van der Waals surface area contributed by atoms with Gasteiger partial charge < -0.3 is 4.74 Å². The minimum Gasteiger partial charge on any atom is -0.439 e. The third kappa shape index (κ3) is 5.75. The average Bonchev–Trinajstić information content (AvgIpc) is 3.06. The van der Waals surface area contributed by atoms with Crippen LogP contribution in [0.25, 0.3) is 5.82 Å². The number of sulfonamides is 1. The molecule has 0 aliphatic carbocycles. The lowest BCUT2D eigenvalue weighted by molar-refractivity contribution is 0.459. The molecule has 4 aromatic rings. The maximum absolute atomic E-state index is 12.5. The van der Waals surface area contributed by atoms with E-state index in [1.54, 1.807) is 48.0 Å². The second kappa shape index (κ2) is 9.03. The first-order valence-electron chi connectivity index (χ1n) is 10.4. The minimum atomic E-state index is -3.54. The normalized spacial score (nSPS) is 11.4. The summed E-state index contributed by atoms with van der Waals surface area (Å²) in [4.78, 5) is 8.79. The summed E-state index contributed by atoms with van der Waals surface area (Å²) in [6.45, 7) is 7.60. The molecule has 2 aromatic carbocycles. The van der Waals surface area contributed by atoms with Crippen LogP contribution >= 0.6 is 0 Å². The van der Waals surface area contributed by atoms with Crippen LogP contribution in [0.2, 0.25) is 0 Å². The standard InChI is InChI=1S/C24H25N5O3S/c1-16-6-5-7-20(12-16)15-33(30,31)28-21-8-10-22(11-9-21)32-24-14-23(25-19(4)26-24)29-18(3)13-17(2)27-29/h5-14,28H,15H2,1-4H3. The highest BCUT2D eigenvalue weighted by Crippen LogP contribution is 2.24. The van der Waals surface area contributed by atoms with Gasteiger partial charge in [-0.05, 0) is 63.6 Å². The quantitative estimate of drug-likeness (QED) is 0.429. The molecule has 2 heterocycles. The maximum atomic E-state index is 12.5. The third-order valence-electron chi connectivity index (χ3n) is 4.82. The highest BCUT2D eigenvalue weighted by molar-refractivity contribution is 7.91. The Labute approximate surface area is 193 Å². The summed E-state index contributed by atoms with van der Waals surface area (Å²) in [5.74, 6) is 1.97. The largest absolute Gasteiger partial charge is 0.439 e. The van der Waals surface area contributed by atoms with Crippen LogP contribution in [0, 0.1) is 27.7 Å². The van der Waals surface area contributed by atoms with Crippen molar-refractivity contribution in [1.29, 1.82) is 0 Å². The van der Waals surface area contributed by atoms with Crippen molar-refractivity contribution < 1.29 is 13.2 Å². The molecule has 0 unspecified atom stereocenters. The Morgan fingerprint density at radius 1 is 0.939 bits per heavy atom. The lowest BCUT2D eigenvalue weighted by Gasteiger charge is -2.11. The van der Waals surface area contributed by atoms with E-state index in [1.165, 1.54) is 0 Å². The molecule has 4 rings (SSSR count). The zero-order valence-corrected chi connectivity index (χ0v) is 19.7. The van der Waals surface area contributed by atoms with Crippen molar-refractivity contribution in [1.82, 2.24) is 19.7 Å². The first-order chi connectivity index (χ1) is 15.7. The summed E-state index contributed by atoms with van der Waals surface area (Å²) < 4.78 is 35.3. The van der Waals surface area contributed by atoms with Gasteiger partial charge in [0.1, 0.15) is 11.6 Å². The summed E-state index contributed by atoms with van der Waals surface area (Å²) in [5, 5.41) is 4.46. The van der Waals surface area contributed by atoms with Gasteiger partial charge in [-0.1, -0.05) is 29.8 Å². The summed E-state index contributed by atoms with van der Waals surface area (Å²) in [6, 6.07) is 17.8. The Balaban J connectivity index is 1.47. The highest BCUT2D eigenvalue weighted by atomic mass is 32.2. The Kier molecular flexibility index (Phi) is 6.15. The molecule has 2 aromatic heterocycles. The highest BCUT2D eigenvalue weighted by Gasteiger charge is 2.13. The van der Waals surface area contributed by atoms with E-state index in [4.69, 9.17) is 4.74 Å². The van der Waals surface area contributed by atoms with E-state index in [0.29, 0.717) is 29.0 Å². The van der Waals surface area contributed by atoms with Gasteiger partial charge in [0.2, 0.25) is 15.9 Å². The van der Waals surface area contributed by atoms with E-state index >= 15 is 0 Å². The molecule has 0 saturated heterocycles. The van der Waals surface area contributed by atoms with Crippen LogP contribution in [0.1, 0.15) is 28.3 Å². The van der Waals surface area contributed by atoms with Crippen molar-refractivity contribution in [3.8, 4) is 17.4 Å². The fourth-order valence-corrected chi connectivity index (χ4v) is 4.68. The number of anilines is 1. The van der Waals surface area contributed by atoms with E-state index < -0.39 is 10.0 Å². The molecule has 33 heavy (non-hydrogen) atoms. The maximum Gasteiger partial charge on any atom is 0.236 e. The Morgan fingerprint density at radius 2 is 1.70 bits per heavy atom. The van der Waals surface area contributed by atoms with E-state index in [-0.39, 0.29) is 5.75 Å². The molecule has 0 radical (unpaired) electrons. The number of nitrogens with one attached hydrogen (secondary N) is 1. The van der Waals surface area contributed by atoms with Crippen molar-refractivity contribution in [3.05, 3.63) is 89.0 Å². The summed E-state index contributed by atoms with van der Waals surface area (Å²) in [7, 11) is -3.54. The number of aromatic nitrogens is 4. The molecule has 0 aliphatic heterocycles. The predicted molar refractivity (Wildman–Crippen MR) is 127 cm³/mol. The van der Waals surface area contributed by atoms with E-state index in [9.17, 15) is 8.42 Å². The molecule has 170 valence electrons. The van der Waals surface area contributed by atoms with Gasteiger partial charge in [0, 0.05) is 17.4 Å². The lowest BCUT2D eigenvalue weighted by atomic mass is 10.2. The monoisotopic (exact) mass is 463 g/mol. The van der Waals surface area contributed by atoms with Gasteiger partial charge in [-0.15, -0.1) is 0 Å². The Morgan fingerprint density at radius 3 is 2.36 bits per heavy atom. The number of aryl methyl sites for hydroxylation is 4. The van der Waals surface area contributed by atoms with E-state index in [1.807, 2.05) is 45.0 Å². The Hall–Kier alpha value is -3.72. The predicted octanol–water partition coefficient (Wildman–Crippen LogP) is 4.63. The SMILES string of the molecule is Cc1cccc(CS(=O)(=O)Nc2ccc(Oc3cc(-n4nc(C)cc4C)nc(C)n3)cc2)c1. The first-order valence-corrected chi connectivity index (χ1v) is 12.1. The third-order valence-corrected chi connectivity index (χ3v) is 6.08. The second-order valence-corrected chi connectivity index (χ2v) is 9.65. The van der Waals surface area contributed by atoms with E-state index in [0.717, 1.165) is 22.5 Å². The van der Waals surface area contributed by atoms with Crippen LogP contribution in [0.4, 0.5) is 5.69 Å². The average molecular weight is 464 g/mol. The second-order valence-electron chi connectivity index (χ2n) is 7.93. The number of hydrogen-bond acceptors (Lipinski definition) is 6. The molecular formula is C24H25N5O3S. The van der Waals surface area contributed by atoms with Crippen molar-refractivity contribution in [2.24, 2.45) is 0 Å². The number of ether oxygens (including phenoxy) is 1. The van der Waals surface area contributed by atoms with Crippen LogP contribution in [0.3, 0.4) is 0 Å². The molecule has 0 fully saturated rings. The molecule has 0 aliphatic rings. The molecule has 0 spiro atoms. The fraction of sp³-hybridized carbons (Fsp3) is 0.208. The van der Waals surface area contributed by atoms with Crippen molar-refractivity contribution in [3.63, 3.8) is 0 Å². The molecule has 0 atom stereocenters. The molecule has 8 nitrogen and oxygen atoms in total. The van der Waals surface area contributed by atoms with Crippen LogP contribution in [0.15, 0.2) is 60.7 Å². The number of rotatable bonds is 7. The molecule has 0 saturated carbocycles. The zero-order chi connectivity index (χ0) is 23.6. The zero-order valence-electron chi connectivity index (χ0n) is 18.9. The number of nitrogens with zero attached hydrogens (tertiary/aromatic N) is 4. The van der Waals surface area contributed by atoms with Gasteiger partial charge in [0.25, 0.3) is 0 Å². The van der Waals surface area contributed by atoms with Gasteiger partial charge >= 0.3 is 0 Å². The molecule has 0 bridgehead atoms. The summed E-state index contributed by atoms with van der Waals surface area (Å²) >= 11 is 0. The Bertz CT molecular complexity index is 1400. The van der Waals surface area contributed by atoms with Crippen molar-refractivity contribution >= 4 is 15.7 Å². The lowest BCUT2D eigenvalue weighted by Crippen LogP contribution is -2.15. The fourth-order valence-electron chi connectivity index (χ4n) is 3.50. The van der Waals surface area contributed by atoms with Gasteiger partial charge in [0.05, 0.1) is 11.4 Å². The summed E-state index contributed by atoms with van der Waals surface area (Å²) in [5.41, 5.74) is 4.06. The van der Waals surface area contributed by atoms with Crippen LogP contribution in [-0.4, -0.2) is 28.2 Å². The first kappa shape index (κ1) is 22.5. The molecular weight excluding hydrogens is 438 g/mol. The molecule has 9 heteroatoms. The summed E-state index contributed by atoms with van der Waals surface area (Å²) in [6.07, 6.45) is 0. The van der Waals surface area contributed by atoms with Gasteiger partial charge in [-0.25, -0.2) is 18.1 Å². The van der Waals surface area contributed by atoms with Crippen LogP contribution < -0.4 is 9.46 Å². The van der Waals surface area contributed by atoms with Crippen molar-refractivity contribution in [2.45, 2.75) is 33.4 Å². The number of benzene rings is 2. The van der Waals surface area contributed by atoms with Gasteiger partial charge in [-0.3, -0.25) is 4.72 Å². The number of hydrogen-bond donors (Lipinski definition) is 1. The van der Waals surface area contributed by atoms with Gasteiger partial charge in [-0.2, -0.15) is 10.1 Å². The van der Waals surface area contributed by atoms with Gasteiger partial charge in [0.15, 0.2) is 5.82 Å². The minimum absolute atomic E-state index is 0.0950.